The maximum Gasteiger partial charge on any atom is 0.228 e. The quantitative estimate of drug-likeness (QED) is 0.731. The smallest absolute Gasteiger partial charge is 0.228 e. The summed E-state index contributed by atoms with van der Waals surface area (Å²) in [5.41, 5.74) is 1.52. The Labute approximate surface area is 164 Å². The number of carbonyl (C=O) groups excluding carboxylic acids is 2. The molecule has 2 aromatic rings. The van der Waals surface area contributed by atoms with Gasteiger partial charge in [-0.1, -0.05) is 12.1 Å². The largest absolute Gasteiger partial charge is 0.497 e. The van der Waals surface area contributed by atoms with Crippen molar-refractivity contribution in [1.29, 1.82) is 0 Å². The van der Waals surface area contributed by atoms with Crippen LogP contribution in [0.5, 0.6) is 17.2 Å². The first-order chi connectivity index (χ1) is 13.5. The minimum Gasteiger partial charge on any atom is -0.497 e. The van der Waals surface area contributed by atoms with Crippen LogP contribution < -0.4 is 24.8 Å². The number of anilines is 1. The van der Waals surface area contributed by atoms with E-state index in [9.17, 15) is 9.59 Å². The van der Waals surface area contributed by atoms with Crippen molar-refractivity contribution in [1.82, 2.24) is 5.32 Å². The van der Waals surface area contributed by atoms with Crippen LogP contribution in [0.1, 0.15) is 12.0 Å². The van der Waals surface area contributed by atoms with Crippen molar-refractivity contribution in [2.24, 2.45) is 11.8 Å². The molecule has 148 valence electrons. The van der Waals surface area contributed by atoms with Gasteiger partial charge in [0, 0.05) is 12.6 Å². The number of amides is 2. The van der Waals surface area contributed by atoms with Crippen molar-refractivity contribution in [2.75, 3.05) is 26.6 Å². The molecule has 2 amide bonds. The maximum atomic E-state index is 12.5. The SMILES string of the molecule is COc1ccc(CNC(=O)C2CC2C(=O)Nc2ccc(OC)cc2OC)cc1. The van der Waals surface area contributed by atoms with E-state index in [2.05, 4.69) is 10.6 Å². The average Bonchev–Trinajstić information content (AvgIpc) is 3.54. The Morgan fingerprint density at radius 3 is 2.18 bits per heavy atom. The van der Waals surface area contributed by atoms with Crippen molar-refractivity contribution in [3.8, 4) is 17.2 Å². The molecule has 0 bridgehead atoms. The molecule has 1 aliphatic rings. The van der Waals surface area contributed by atoms with Gasteiger partial charge in [0.15, 0.2) is 0 Å². The summed E-state index contributed by atoms with van der Waals surface area (Å²) in [6.07, 6.45) is 0.540. The van der Waals surface area contributed by atoms with Gasteiger partial charge in [0.25, 0.3) is 0 Å². The first kappa shape index (κ1) is 19.5. The number of benzene rings is 2. The first-order valence-corrected chi connectivity index (χ1v) is 8.99. The molecule has 7 heteroatoms. The standard InChI is InChI=1S/C21H24N2O5/c1-26-14-6-4-13(5-7-14)12-22-20(24)16-11-17(16)21(25)23-18-9-8-15(27-2)10-19(18)28-3/h4-10,16-17H,11-12H2,1-3H3,(H,22,24)(H,23,25). The van der Waals surface area contributed by atoms with Gasteiger partial charge in [-0.25, -0.2) is 0 Å². The summed E-state index contributed by atoms with van der Waals surface area (Å²) in [5, 5.41) is 5.72. The molecule has 3 rings (SSSR count). The lowest BCUT2D eigenvalue weighted by atomic mass is 10.2. The Bertz CT molecular complexity index is 850. The Morgan fingerprint density at radius 2 is 1.54 bits per heavy atom. The number of methoxy groups -OCH3 is 3. The van der Waals surface area contributed by atoms with E-state index in [1.54, 1.807) is 32.4 Å². The third kappa shape index (κ3) is 4.54. The fourth-order valence-corrected chi connectivity index (χ4v) is 2.97. The zero-order chi connectivity index (χ0) is 20.1. The van der Waals surface area contributed by atoms with Crippen LogP contribution in [0.3, 0.4) is 0 Å². The van der Waals surface area contributed by atoms with Crippen LogP contribution in [0.25, 0.3) is 0 Å². The average molecular weight is 384 g/mol. The second-order valence-electron chi connectivity index (χ2n) is 6.57. The molecule has 2 atom stereocenters. The Kier molecular flexibility index (Phi) is 6.03. The lowest BCUT2D eigenvalue weighted by Gasteiger charge is -2.11. The molecule has 1 fully saturated rings. The Hall–Kier alpha value is -3.22. The lowest BCUT2D eigenvalue weighted by molar-refractivity contribution is -0.125. The van der Waals surface area contributed by atoms with Crippen molar-refractivity contribution in [3.63, 3.8) is 0 Å². The molecule has 2 aromatic carbocycles. The molecule has 2 unspecified atom stereocenters. The van der Waals surface area contributed by atoms with Crippen molar-refractivity contribution in [2.45, 2.75) is 13.0 Å². The molecule has 1 saturated carbocycles. The van der Waals surface area contributed by atoms with Gasteiger partial charge in [-0.3, -0.25) is 9.59 Å². The normalized spacial score (nSPS) is 17.4. The molecular weight excluding hydrogens is 360 g/mol. The fourth-order valence-electron chi connectivity index (χ4n) is 2.97. The molecule has 1 aliphatic carbocycles. The highest BCUT2D eigenvalue weighted by Gasteiger charge is 2.48. The monoisotopic (exact) mass is 384 g/mol. The molecular formula is C21H24N2O5. The van der Waals surface area contributed by atoms with Crippen molar-refractivity contribution < 1.29 is 23.8 Å². The van der Waals surface area contributed by atoms with E-state index in [0.717, 1.165) is 11.3 Å². The van der Waals surface area contributed by atoms with Gasteiger partial charge in [0.05, 0.1) is 38.9 Å². The Morgan fingerprint density at radius 1 is 0.893 bits per heavy atom. The minimum atomic E-state index is -0.331. The molecule has 0 radical (unpaired) electrons. The predicted molar refractivity (Wildman–Crippen MR) is 105 cm³/mol. The molecule has 0 spiro atoms. The molecule has 0 heterocycles. The van der Waals surface area contributed by atoms with E-state index < -0.39 is 0 Å². The van der Waals surface area contributed by atoms with E-state index in [-0.39, 0.29) is 23.7 Å². The highest BCUT2D eigenvalue weighted by molar-refractivity contribution is 6.00. The van der Waals surface area contributed by atoms with Gasteiger partial charge < -0.3 is 24.8 Å². The van der Waals surface area contributed by atoms with Crippen LogP contribution in [0.2, 0.25) is 0 Å². The van der Waals surface area contributed by atoms with Crippen LogP contribution in [0.4, 0.5) is 5.69 Å². The van der Waals surface area contributed by atoms with Crippen LogP contribution in [-0.4, -0.2) is 33.1 Å². The maximum absolute atomic E-state index is 12.5. The second kappa shape index (κ2) is 8.65. The molecule has 2 N–H and O–H groups in total. The van der Waals surface area contributed by atoms with Crippen LogP contribution >= 0.6 is 0 Å². The van der Waals surface area contributed by atoms with Crippen LogP contribution in [-0.2, 0) is 16.1 Å². The minimum absolute atomic E-state index is 0.113. The van der Waals surface area contributed by atoms with Gasteiger partial charge in [-0.15, -0.1) is 0 Å². The summed E-state index contributed by atoms with van der Waals surface area (Å²) in [6.45, 7) is 0.417. The highest BCUT2D eigenvalue weighted by Crippen LogP contribution is 2.40. The van der Waals surface area contributed by atoms with E-state index in [1.165, 1.54) is 7.11 Å². The van der Waals surface area contributed by atoms with E-state index in [1.807, 2.05) is 24.3 Å². The predicted octanol–water partition coefficient (Wildman–Crippen LogP) is 2.60. The van der Waals surface area contributed by atoms with Gasteiger partial charge in [0.1, 0.15) is 17.2 Å². The van der Waals surface area contributed by atoms with E-state index >= 15 is 0 Å². The van der Waals surface area contributed by atoms with Crippen LogP contribution in [0, 0.1) is 11.8 Å². The van der Waals surface area contributed by atoms with Gasteiger partial charge in [-0.2, -0.15) is 0 Å². The molecule has 0 aromatic heterocycles. The summed E-state index contributed by atoms with van der Waals surface area (Å²) in [4.78, 5) is 24.8. The highest BCUT2D eigenvalue weighted by atomic mass is 16.5. The third-order valence-electron chi connectivity index (χ3n) is 4.76. The second-order valence-corrected chi connectivity index (χ2v) is 6.57. The molecule has 0 aliphatic heterocycles. The van der Waals surface area contributed by atoms with Crippen molar-refractivity contribution in [3.05, 3.63) is 48.0 Å². The molecule has 28 heavy (non-hydrogen) atoms. The number of hydrogen-bond donors (Lipinski definition) is 2. The topological polar surface area (TPSA) is 85.9 Å². The van der Waals surface area contributed by atoms with Gasteiger partial charge in [0.2, 0.25) is 11.8 Å². The number of hydrogen-bond acceptors (Lipinski definition) is 5. The summed E-state index contributed by atoms with van der Waals surface area (Å²) in [7, 11) is 4.69. The number of rotatable bonds is 8. The first-order valence-electron chi connectivity index (χ1n) is 8.99. The van der Waals surface area contributed by atoms with E-state index in [0.29, 0.717) is 30.2 Å². The molecule has 7 nitrogen and oxygen atoms in total. The summed E-state index contributed by atoms with van der Waals surface area (Å²) < 4.78 is 15.5. The van der Waals surface area contributed by atoms with Gasteiger partial charge >= 0.3 is 0 Å². The van der Waals surface area contributed by atoms with E-state index in [4.69, 9.17) is 14.2 Å². The Balaban J connectivity index is 1.51. The van der Waals surface area contributed by atoms with Crippen LogP contribution in [0.15, 0.2) is 42.5 Å². The fraction of sp³-hybridized carbons (Fsp3) is 0.333. The summed E-state index contributed by atoms with van der Waals surface area (Å²) >= 11 is 0. The summed E-state index contributed by atoms with van der Waals surface area (Å²) in [6, 6.07) is 12.6. The third-order valence-corrected chi connectivity index (χ3v) is 4.76. The van der Waals surface area contributed by atoms with Gasteiger partial charge in [-0.05, 0) is 36.2 Å². The number of carbonyl (C=O) groups is 2. The lowest BCUT2D eigenvalue weighted by Crippen LogP contribution is -2.27. The van der Waals surface area contributed by atoms with Crippen molar-refractivity contribution >= 4 is 17.5 Å². The zero-order valence-corrected chi connectivity index (χ0v) is 16.2. The number of ether oxygens (including phenoxy) is 3. The number of nitrogens with one attached hydrogen (secondary N) is 2. The zero-order valence-electron chi connectivity index (χ0n) is 16.2. The summed E-state index contributed by atoms with van der Waals surface area (Å²) in [5.74, 6) is 0.977. The molecule has 0 saturated heterocycles.